The second kappa shape index (κ2) is 9.37. The Morgan fingerprint density at radius 2 is 1.86 bits per heavy atom. The van der Waals surface area contributed by atoms with Crippen LogP contribution in [0.2, 0.25) is 0 Å². The van der Waals surface area contributed by atoms with Crippen LogP contribution in [0.25, 0.3) is 0 Å². The predicted octanol–water partition coefficient (Wildman–Crippen LogP) is 1.15. The van der Waals surface area contributed by atoms with Crippen LogP contribution >= 0.6 is 0 Å². The van der Waals surface area contributed by atoms with Crippen LogP contribution in [0.15, 0.2) is 24.3 Å². The highest BCUT2D eigenvalue weighted by Gasteiger charge is 2.12. The standard InChI is InChI=1S/C16H26N2O3/c1-17(2)15-7-4-14(5-8-15)6-9-16(20)18(10-12-19)11-13-21-3/h4-5,7-8,19H,6,9-13H2,1-3H3. The SMILES string of the molecule is COCCN(CCO)C(=O)CCc1ccc(N(C)C)cc1. The number of ether oxygens (including phenoxy) is 1. The second-order valence-electron chi connectivity index (χ2n) is 5.16. The second-order valence-corrected chi connectivity index (χ2v) is 5.16. The van der Waals surface area contributed by atoms with Gasteiger partial charge in [-0.2, -0.15) is 0 Å². The lowest BCUT2D eigenvalue weighted by Gasteiger charge is -2.21. The zero-order valence-electron chi connectivity index (χ0n) is 13.2. The number of aliphatic hydroxyl groups excluding tert-OH is 1. The summed E-state index contributed by atoms with van der Waals surface area (Å²) in [5.74, 6) is 0.0535. The number of benzene rings is 1. The summed E-state index contributed by atoms with van der Waals surface area (Å²) < 4.78 is 4.99. The van der Waals surface area contributed by atoms with Crippen molar-refractivity contribution < 1.29 is 14.6 Å². The number of nitrogens with zero attached hydrogens (tertiary/aromatic N) is 2. The number of rotatable bonds is 9. The maximum Gasteiger partial charge on any atom is 0.223 e. The molecule has 5 heteroatoms. The summed E-state index contributed by atoms with van der Waals surface area (Å²) in [5.41, 5.74) is 2.29. The Balaban J connectivity index is 2.49. The smallest absolute Gasteiger partial charge is 0.223 e. The molecule has 5 nitrogen and oxygen atoms in total. The molecule has 0 aliphatic heterocycles. The summed E-state index contributed by atoms with van der Waals surface area (Å²) >= 11 is 0. The van der Waals surface area contributed by atoms with Gasteiger partial charge in [-0.1, -0.05) is 12.1 Å². The van der Waals surface area contributed by atoms with Gasteiger partial charge in [-0.25, -0.2) is 0 Å². The number of amides is 1. The molecule has 0 spiro atoms. The molecule has 0 heterocycles. The highest BCUT2D eigenvalue weighted by atomic mass is 16.5. The number of aryl methyl sites for hydroxylation is 1. The molecule has 1 aromatic carbocycles. The van der Waals surface area contributed by atoms with E-state index in [1.807, 2.05) is 31.1 Å². The fourth-order valence-electron chi connectivity index (χ4n) is 2.05. The summed E-state index contributed by atoms with van der Waals surface area (Å²) in [7, 11) is 5.61. The molecule has 0 radical (unpaired) electrons. The van der Waals surface area contributed by atoms with Crippen molar-refractivity contribution in [3.63, 3.8) is 0 Å². The van der Waals surface area contributed by atoms with Gasteiger partial charge in [-0.05, 0) is 24.1 Å². The Kier molecular flexibility index (Phi) is 7.79. The van der Waals surface area contributed by atoms with Crippen molar-refractivity contribution in [2.24, 2.45) is 0 Å². The van der Waals surface area contributed by atoms with Crippen molar-refractivity contribution in [3.05, 3.63) is 29.8 Å². The monoisotopic (exact) mass is 294 g/mol. The third-order valence-electron chi connectivity index (χ3n) is 3.37. The topological polar surface area (TPSA) is 53.0 Å². The van der Waals surface area contributed by atoms with E-state index in [1.54, 1.807) is 12.0 Å². The van der Waals surface area contributed by atoms with Crippen molar-refractivity contribution in [2.75, 3.05) is 52.4 Å². The van der Waals surface area contributed by atoms with Crippen LogP contribution < -0.4 is 4.90 Å². The van der Waals surface area contributed by atoms with Crippen LogP contribution in [-0.4, -0.2) is 63.4 Å². The van der Waals surface area contributed by atoms with E-state index in [4.69, 9.17) is 9.84 Å². The minimum Gasteiger partial charge on any atom is -0.395 e. The molecule has 1 aromatic rings. The Bertz CT molecular complexity index is 418. The molecule has 0 unspecified atom stereocenters. The van der Waals surface area contributed by atoms with Crippen molar-refractivity contribution in [2.45, 2.75) is 12.8 Å². The van der Waals surface area contributed by atoms with E-state index < -0.39 is 0 Å². The Morgan fingerprint density at radius 1 is 1.19 bits per heavy atom. The maximum atomic E-state index is 12.1. The highest BCUT2D eigenvalue weighted by molar-refractivity contribution is 5.76. The van der Waals surface area contributed by atoms with Gasteiger partial charge in [0.25, 0.3) is 0 Å². The average Bonchev–Trinajstić information content (AvgIpc) is 2.49. The predicted molar refractivity (Wildman–Crippen MR) is 84.6 cm³/mol. The fourth-order valence-corrected chi connectivity index (χ4v) is 2.05. The maximum absolute atomic E-state index is 12.1. The van der Waals surface area contributed by atoms with Crippen LogP contribution in [0.3, 0.4) is 0 Å². The first-order chi connectivity index (χ1) is 10.1. The molecular formula is C16H26N2O3. The van der Waals surface area contributed by atoms with E-state index in [9.17, 15) is 4.79 Å². The highest BCUT2D eigenvalue weighted by Crippen LogP contribution is 2.13. The molecule has 0 atom stereocenters. The molecule has 1 rings (SSSR count). The molecule has 0 aromatic heterocycles. The summed E-state index contributed by atoms with van der Waals surface area (Å²) in [5, 5.41) is 9.01. The first kappa shape index (κ1) is 17.5. The summed E-state index contributed by atoms with van der Waals surface area (Å²) in [6, 6.07) is 8.20. The van der Waals surface area contributed by atoms with Crippen LogP contribution in [0.1, 0.15) is 12.0 Å². The van der Waals surface area contributed by atoms with Gasteiger partial charge in [-0.3, -0.25) is 4.79 Å². The number of anilines is 1. The molecule has 1 amide bonds. The van der Waals surface area contributed by atoms with Crippen molar-refractivity contribution in [1.82, 2.24) is 4.90 Å². The van der Waals surface area contributed by atoms with E-state index in [-0.39, 0.29) is 12.5 Å². The van der Waals surface area contributed by atoms with E-state index in [1.165, 1.54) is 0 Å². The number of carbonyl (C=O) groups is 1. The van der Waals surface area contributed by atoms with E-state index >= 15 is 0 Å². The van der Waals surface area contributed by atoms with Gasteiger partial charge in [0.2, 0.25) is 5.91 Å². The van der Waals surface area contributed by atoms with Crippen LogP contribution in [0, 0.1) is 0 Å². The lowest BCUT2D eigenvalue weighted by molar-refractivity contribution is -0.132. The van der Waals surface area contributed by atoms with Gasteiger partial charge in [0.1, 0.15) is 0 Å². The Morgan fingerprint density at radius 3 is 2.38 bits per heavy atom. The van der Waals surface area contributed by atoms with Gasteiger partial charge in [0.15, 0.2) is 0 Å². The van der Waals surface area contributed by atoms with Crippen LogP contribution in [0.5, 0.6) is 0 Å². The largest absolute Gasteiger partial charge is 0.395 e. The zero-order valence-corrected chi connectivity index (χ0v) is 13.2. The molecule has 1 N–H and O–H groups in total. The Hall–Kier alpha value is -1.59. The lowest BCUT2D eigenvalue weighted by Crippen LogP contribution is -2.36. The molecule has 21 heavy (non-hydrogen) atoms. The van der Waals surface area contributed by atoms with E-state index in [0.29, 0.717) is 32.5 Å². The molecule has 118 valence electrons. The average molecular weight is 294 g/mol. The quantitative estimate of drug-likeness (QED) is 0.742. The molecule has 0 saturated heterocycles. The van der Waals surface area contributed by atoms with Crippen molar-refractivity contribution >= 4 is 11.6 Å². The van der Waals surface area contributed by atoms with Gasteiger partial charge >= 0.3 is 0 Å². The normalized spacial score (nSPS) is 10.5. The summed E-state index contributed by atoms with van der Waals surface area (Å²) in [6.45, 7) is 1.35. The number of methoxy groups -OCH3 is 1. The molecular weight excluding hydrogens is 268 g/mol. The number of hydrogen-bond donors (Lipinski definition) is 1. The Labute approximate surface area is 127 Å². The van der Waals surface area contributed by atoms with Crippen LogP contribution in [-0.2, 0) is 16.0 Å². The molecule has 0 aliphatic rings. The molecule has 0 fully saturated rings. The lowest BCUT2D eigenvalue weighted by atomic mass is 10.1. The van der Waals surface area contributed by atoms with Gasteiger partial charge < -0.3 is 19.6 Å². The fraction of sp³-hybridized carbons (Fsp3) is 0.562. The summed E-state index contributed by atoms with van der Waals surface area (Å²) in [4.78, 5) is 15.8. The molecule has 0 bridgehead atoms. The molecule has 0 aliphatic carbocycles. The third-order valence-corrected chi connectivity index (χ3v) is 3.37. The minimum atomic E-state index is -0.0208. The van der Waals surface area contributed by atoms with Gasteiger partial charge in [0.05, 0.1) is 13.2 Å². The van der Waals surface area contributed by atoms with E-state index in [0.717, 1.165) is 11.3 Å². The molecule has 0 saturated carbocycles. The van der Waals surface area contributed by atoms with Gasteiger partial charge in [0, 0.05) is 46.4 Å². The van der Waals surface area contributed by atoms with Crippen molar-refractivity contribution in [1.29, 1.82) is 0 Å². The van der Waals surface area contributed by atoms with Gasteiger partial charge in [-0.15, -0.1) is 0 Å². The first-order valence-electron chi connectivity index (χ1n) is 7.22. The first-order valence-corrected chi connectivity index (χ1v) is 7.22. The number of carbonyl (C=O) groups excluding carboxylic acids is 1. The third kappa shape index (κ3) is 6.14. The van der Waals surface area contributed by atoms with Crippen LogP contribution in [0.4, 0.5) is 5.69 Å². The number of aliphatic hydroxyl groups is 1. The van der Waals surface area contributed by atoms with E-state index in [2.05, 4.69) is 12.1 Å². The van der Waals surface area contributed by atoms with Crippen molar-refractivity contribution in [3.8, 4) is 0 Å². The number of hydrogen-bond acceptors (Lipinski definition) is 4. The summed E-state index contributed by atoms with van der Waals surface area (Å²) in [6.07, 6.45) is 1.16. The minimum absolute atomic E-state index is 0.0208. The zero-order chi connectivity index (χ0) is 15.7.